The van der Waals surface area contributed by atoms with E-state index in [-0.39, 0.29) is 0 Å². The van der Waals surface area contributed by atoms with E-state index in [4.69, 9.17) is 0 Å². The van der Waals surface area contributed by atoms with Crippen molar-refractivity contribution in [3.8, 4) is 0 Å². The van der Waals surface area contributed by atoms with Crippen LogP contribution in [0.5, 0.6) is 0 Å². The van der Waals surface area contributed by atoms with Crippen molar-refractivity contribution in [3.05, 3.63) is 48.7 Å². The zero-order valence-corrected chi connectivity index (χ0v) is 6.90. The summed E-state index contributed by atoms with van der Waals surface area (Å²) in [5, 5.41) is 3.02. The van der Waals surface area contributed by atoms with Crippen LogP contribution in [0.3, 0.4) is 0 Å². The van der Waals surface area contributed by atoms with Crippen LogP contribution in [0, 0.1) is 0 Å². The minimum Gasteiger partial charge on any atom is -0.372 e. The summed E-state index contributed by atoms with van der Waals surface area (Å²) < 4.78 is 0. The summed E-state index contributed by atoms with van der Waals surface area (Å²) in [5.74, 6) is 0. The lowest BCUT2D eigenvalue weighted by Gasteiger charge is -2.02. The van der Waals surface area contributed by atoms with Crippen LogP contribution in [0.4, 0.5) is 0 Å². The smallest absolute Gasteiger partial charge is 0.107 e. The van der Waals surface area contributed by atoms with E-state index in [0.717, 1.165) is 5.57 Å². The Labute approximate surface area is 72.7 Å². The summed E-state index contributed by atoms with van der Waals surface area (Å²) >= 11 is 0. The first kappa shape index (κ1) is 8.53. The van der Waals surface area contributed by atoms with E-state index in [1.54, 1.807) is 6.08 Å². The summed E-state index contributed by atoms with van der Waals surface area (Å²) in [6, 6.07) is 0. The van der Waals surface area contributed by atoms with Gasteiger partial charge in [0, 0.05) is 18.0 Å². The molecule has 0 spiro atoms. The first-order valence-electron chi connectivity index (χ1n) is 3.82. The molecule has 1 rings (SSSR count). The third-order valence-electron chi connectivity index (χ3n) is 1.34. The average Bonchev–Trinajstić information content (AvgIpc) is 2.14. The highest BCUT2D eigenvalue weighted by Crippen LogP contribution is 1.95. The number of nitrogens with one attached hydrogen (secondary N) is 1. The van der Waals surface area contributed by atoms with Gasteiger partial charge in [0.25, 0.3) is 0 Å². The van der Waals surface area contributed by atoms with Gasteiger partial charge >= 0.3 is 0 Å². The third kappa shape index (κ3) is 3.01. The molecule has 0 saturated heterocycles. The maximum absolute atomic E-state index is 4.06. The monoisotopic (exact) mass is 160 g/mol. The van der Waals surface area contributed by atoms with Gasteiger partial charge in [-0.15, -0.1) is 0 Å². The molecule has 0 unspecified atom stereocenters. The predicted octanol–water partition coefficient (Wildman–Crippen LogP) is 1.80. The topological polar surface area (TPSA) is 24.4 Å². The second-order valence-corrected chi connectivity index (χ2v) is 2.30. The zero-order chi connectivity index (χ0) is 8.65. The summed E-state index contributed by atoms with van der Waals surface area (Å²) in [4.78, 5) is 4.06. The van der Waals surface area contributed by atoms with E-state index in [1.807, 2.05) is 36.7 Å². The van der Waals surface area contributed by atoms with Gasteiger partial charge in [-0.05, 0) is 0 Å². The molecule has 62 valence electrons. The molecule has 0 amide bonds. The fourth-order valence-electron chi connectivity index (χ4n) is 0.805. The highest BCUT2D eigenvalue weighted by Gasteiger charge is 1.89. The van der Waals surface area contributed by atoms with E-state index >= 15 is 0 Å². The second kappa shape index (κ2) is 5.13. The predicted molar refractivity (Wildman–Crippen MR) is 53.1 cm³/mol. The van der Waals surface area contributed by atoms with Gasteiger partial charge in [-0.25, -0.2) is 0 Å². The molecule has 2 nitrogen and oxygen atoms in total. The van der Waals surface area contributed by atoms with E-state index in [2.05, 4.69) is 16.9 Å². The summed E-state index contributed by atoms with van der Waals surface area (Å²) in [6.45, 7) is 4.25. The lowest BCUT2D eigenvalue weighted by Crippen LogP contribution is -2.10. The number of hydrogen-bond donors (Lipinski definition) is 1. The molecule has 2 heteroatoms. The summed E-state index contributed by atoms with van der Waals surface area (Å²) in [7, 11) is 0. The van der Waals surface area contributed by atoms with Gasteiger partial charge in [0.2, 0.25) is 0 Å². The Morgan fingerprint density at radius 2 is 2.33 bits per heavy atom. The van der Waals surface area contributed by atoms with Crippen molar-refractivity contribution in [2.45, 2.75) is 0 Å². The van der Waals surface area contributed by atoms with Crippen LogP contribution >= 0.6 is 0 Å². The first-order chi connectivity index (χ1) is 5.93. The molecule has 0 saturated carbocycles. The zero-order valence-electron chi connectivity index (χ0n) is 6.90. The van der Waals surface area contributed by atoms with Crippen molar-refractivity contribution in [1.82, 2.24) is 5.32 Å². The molecule has 0 fully saturated rings. The molecule has 0 atom stereocenters. The molecule has 12 heavy (non-hydrogen) atoms. The Balaban J connectivity index is 2.44. The van der Waals surface area contributed by atoms with Crippen molar-refractivity contribution in [2.75, 3.05) is 6.67 Å². The molecule has 0 aliphatic carbocycles. The molecule has 0 radical (unpaired) electrons. The Hall–Kier alpha value is -1.57. The molecule has 0 aromatic rings. The number of aliphatic imine (C=N–C) groups is 1. The van der Waals surface area contributed by atoms with Crippen LogP contribution in [0.2, 0.25) is 0 Å². The maximum atomic E-state index is 4.06. The molecule has 0 aromatic carbocycles. The van der Waals surface area contributed by atoms with Crippen molar-refractivity contribution < 1.29 is 0 Å². The highest BCUT2D eigenvalue weighted by molar-refractivity contribution is 5.82. The minimum atomic E-state index is 0.680. The fourth-order valence-corrected chi connectivity index (χ4v) is 0.805. The van der Waals surface area contributed by atoms with Gasteiger partial charge in [0.05, 0.1) is 0 Å². The van der Waals surface area contributed by atoms with Gasteiger partial charge in [-0.3, -0.25) is 4.99 Å². The van der Waals surface area contributed by atoms with E-state index in [1.165, 1.54) is 0 Å². The molecule has 0 bridgehead atoms. The molecule has 0 aromatic heterocycles. The largest absolute Gasteiger partial charge is 0.372 e. The lowest BCUT2D eigenvalue weighted by atomic mass is 10.2. The molecule has 1 heterocycles. The summed E-state index contributed by atoms with van der Waals surface area (Å²) in [6.07, 6.45) is 13.3. The minimum absolute atomic E-state index is 0.680. The standard InChI is InChI=1S/C10H12N2/c1-2-3-4-5-6-10-7-11-9-12-8-10/h2-8,11H,1,9H2/b4-3-,6-5+. The van der Waals surface area contributed by atoms with Crippen LogP contribution in [0.15, 0.2) is 53.7 Å². The Bertz CT molecular complexity index is 257. The summed E-state index contributed by atoms with van der Waals surface area (Å²) in [5.41, 5.74) is 1.08. The highest BCUT2D eigenvalue weighted by atomic mass is 15.0. The van der Waals surface area contributed by atoms with Crippen molar-refractivity contribution >= 4 is 6.21 Å². The van der Waals surface area contributed by atoms with E-state index in [9.17, 15) is 0 Å². The van der Waals surface area contributed by atoms with Gasteiger partial charge in [0.15, 0.2) is 0 Å². The Morgan fingerprint density at radius 3 is 3.00 bits per heavy atom. The van der Waals surface area contributed by atoms with E-state index < -0.39 is 0 Å². The second-order valence-electron chi connectivity index (χ2n) is 2.30. The number of hydrogen-bond acceptors (Lipinski definition) is 2. The number of allylic oxidation sites excluding steroid dienone is 6. The Kier molecular flexibility index (Phi) is 3.64. The molecule has 1 aliphatic rings. The number of nitrogens with zero attached hydrogens (tertiary/aromatic N) is 1. The quantitative estimate of drug-likeness (QED) is 0.625. The van der Waals surface area contributed by atoms with E-state index in [0.29, 0.717) is 6.67 Å². The van der Waals surface area contributed by atoms with Gasteiger partial charge in [-0.2, -0.15) is 0 Å². The molecule has 1 aliphatic heterocycles. The van der Waals surface area contributed by atoms with Crippen LogP contribution in [-0.4, -0.2) is 12.9 Å². The van der Waals surface area contributed by atoms with Crippen molar-refractivity contribution in [1.29, 1.82) is 0 Å². The van der Waals surface area contributed by atoms with Gasteiger partial charge in [-0.1, -0.05) is 37.0 Å². The van der Waals surface area contributed by atoms with Crippen molar-refractivity contribution in [2.24, 2.45) is 4.99 Å². The van der Waals surface area contributed by atoms with Gasteiger partial charge in [0.1, 0.15) is 6.67 Å². The maximum Gasteiger partial charge on any atom is 0.107 e. The SMILES string of the molecule is C=C/C=C\C=C\C1=CNCN=C1. The Morgan fingerprint density at radius 1 is 1.42 bits per heavy atom. The number of rotatable bonds is 3. The normalized spacial score (nSPS) is 16.5. The average molecular weight is 160 g/mol. The molecular formula is C10H12N2. The fraction of sp³-hybridized carbons (Fsp3) is 0.100. The van der Waals surface area contributed by atoms with Crippen LogP contribution in [-0.2, 0) is 0 Å². The third-order valence-corrected chi connectivity index (χ3v) is 1.34. The molecule has 1 N–H and O–H groups in total. The van der Waals surface area contributed by atoms with Gasteiger partial charge < -0.3 is 5.32 Å². The molecular weight excluding hydrogens is 148 g/mol. The van der Waals surface area contributed by atoms with Crippen molar-refractivity contribution in [3.63, 3.8) is 0 Å². The van der Waals surface area contributed by atoms with Crippen LogP contribution in [0.25, 0.3) is 0 Å². The van der Waals surface area contributed by atoms with Crippen LogP contribution < -0.4 is 5.32 Å². The lowest BCUT2D eigenvalue weighted by molar-refractivity contribution is 0.873. The van der Waals surface area contributed by atoms with Crippen LogP contribution in [0.1, 0.15) is 0 Å². The first-order valence-corrected chi connectivity index (χ1v) is 3.82.